The number of aryl methyl sites for hydroxylation is 1. The van der Waals surface area contributed by atoms with Gasteiger partial charge in [-0.15, -0.1) is 11.3 Å². The fourth-order valence-electron chi connectivity index (χ4n) is 3.11. The maximum absolute atomic E-state index is 12.1. The van der Waals surface area contributed by atoms with Crippen molar-refractivity contribution < 1.29 is 9.53 Å². The minimum absolute atomic E-state index is 0.173. The first-order valence-corrected chi connectivity index (χ1v) is 8.35. The van der Waals surface area contributed by atoms with Gasteiger partial charge in [0, 0.05) is 43.4 Å². The van der Waals surface area contributed by atoms with Crippen LogP contribution in [0.3, 0.4) is 0 Å². The largest absolute Gasteiger partial charge is 0.444 e. The Labute approximate surface area is 129 Å². The molecule has 1 amide bonds. The van der Waals surface area contributed by atoms with Crippen LogP contribution in [-0.2, 0) is 4.74 Å². The zero-order valence-corrected chi connectivity index (χ0v) is 13.9. The zero-order chi connectivity index (χ0) is 15.2. The van der Waals surface area contributed by atoms with Crippen molar-refractivity contribution in [3.63, 3.8) is 0 Å². The standard InChI is InChI=1S/C15H23N3O2S/c1-10-9-21-13(16-10)17-5-11-7-18(8-12(11)6-17)14(19)20-15(2,3)4/h9,11-12H,5-8H2,1-4H3. The molecule has 1 aromatic heterocycles. The lowest BCUT2D eigenvalue weighted by Gasteiger charge is -2.25. The number of carbonyl (C=O) groups excluding carboxylic acids is 1. The van der Waals surface area contributed by atoms with E-state index in [2.05, 4.69) is 15.3 Å². The molecule has 2 aliphatic heterocycles. The number of amides is 1. The molecule has 0 spiro atoms. The highest BCUT2D eigenvalue weighted by Gasteiger charge is 2.43. The van der Waals surface area contributed by atoms with Gasteiger partial charge in [-0.05, 0) is 27.7 Å². The van der Waals surface area contributed by atoms with Gasteiger partial charge in [0.05, 0.1) is 5.69 Å². The third-order valence-corrected chi connectivity index (χ3v) is 5.03. The van der Waals surface area contributed by atoms with Crippen molar-refractivity contribution in [3.05, 3.63) is 11.1 Å². The van der Waals surface area contributed by atoms with E-state index in [-0.39, 0.29) is 6.09 Å². The quantitative estimate of drug-likeness (QED) is 0.800. The molecule has 3 rings (SSSR count). The first kappa shape index (κ1) is 14.6. The van der Waals surface area contributed by atoms with Gasteiger partial charge in [-0.2, -0.15) is 0 Å². The average molecular weight is 309 g/mol. The van der Waals surface area contributed by atoms with Crippen LogP contribution in [0.15, 0.2) is 5.38 Å². The van der Waals surface area contributed by atoms with Gasteiger partial charge in [-0.25, -0.2) is 9.78 Å². The fraction of sp³-hybridized carbons (Fsp3) is 0.733. The van der Waals surface area contributed by atoms with Crippen LogP contribution in [0.5, 0.6) is 0 Å². The van der Waals surface area contributed by atoms with Gasteiger partial charge in [0.1, 0.15) is 5.60 Å². The Hall–Kier alpha value is -1.30. The Kier molecular flexibility index (Phi) is 3.59. The minimum atomic E-state index is -0.417. The lowest BCUT2D eigenvalue weighted by molar-refractivity contribution is 0.0282. The number of fused-ring (bicyclic) bond motifs is 1. The molecule has 0 saturated carbocycles. The number of ether oxygens (including phenoxy) is 1. The van der Waals surface area contributed by atoms with Gasteiger partial charge >= 0.3 is 6.09 Å². The third-order valence-electron chi connectivity index (χ3n) is 4.02. The molecule has 0 radical (unpaired) electrons. The lowest BCUT2D eigenvalue weighted by Crippen LogP contribution is -2.37. The molecular formula is C15H23N3O2S. The summed E-state index contributed by atoms with van der Waals surface area (Å²) in [6.45, 7) is 11.4. The summed E-state index contributed by atoms with van der Waals surface area (Å²) in [6.07, 6.45) is -0.173. The van der Waals surface area contributed by atoms with Crippen molar-refractivity contribution in [2.75, 3.05) is 31.1 Å². The van der Waals surface area contributed by atoms with Gasteiger partial charge in [0.25, 0.3) is 0 Å². The van der Waals surface area contributed by atoms with E-state index >= 15 is 0 Å². The highest BCUT2D eigenvalue weighted by atomic mass is 32.1. The summed E-state index contributed by atoms with van der Waals surface area (Å²) in [5.41, 5.74) is 0.668. The van der Waals surface area contributed by atoms with Crippen LogP contribution < -0.4 is 4.90 Å². The smallest absolute Gasteiger partial charge is 0.410 e. The van der Waals surface area contributed by atoms with Gasteiger partial charge in [0.15, 0.2) is 5.13 Å². The van der Waals surface area contributed by atoms with Gasteiger partial charge < -0.3 is 14.5 Å². The van der Waals surface area contributed by atoms with E-state index in [1.54, 1.807) is 11.3 Å². The molecule has 0 bridgehead atoms. The summed E-state index contributed by atoms with van der Waals surface area (Å²) in [4.78, 5) is 20.9. The molecular weight excluding hydrogens is 286 g/mol. The number of hydrogen-bond donors (Lipinski definition) is 0. The Morgan fingerprint density at radius 1 is 1.29 bits per heavy atom. The third kappa shape index (κ3) is 3.15. The van der Waals surface area contributed by atoms with E-state index in [9.17, 15) is 4.79 Å². The average Bonchev–Trinajstić information content (AvgIpc) is 2.98. The number of hydrogen-bond acceptors (Lipinski definition) is 5. The van der Waals surface area contributed by atoms with Gasteiger partial charge in [-0.3, -0.25) is 0 Å². The Bertz CT molecular complexity index is 523. The molecule has 6 heteroatoms. The first-order valence-electron chi connectivity index (χ1n) is 7.47. The number of nitrogens with zero attached hydrogens (tertiary/aromatic N) is 3. The highest BCUT2D eigenvalue weighted by molar-refractivity contribution is 7.13. The lowest BCUT2D eigenvalue weighted by atomic mass is 10.0. The molecule has 21 heavy (non-hydrogen) atoms. The van der Waals surface area contributed by atoms with E-state index in [1.807, 2.05) is 32.6 Å². The number of aromatic nitrogens is 1. The van der Waals surface area contributed by atoms with Crippen LogP contribution in [0.4, 0.5) is 9.93 Å². The van der Waals surface area contributed by atoms with Crippen molar-refractivity contribution in [2.24, 2.45) is 11.8 Å². The van der Waals surface area contributed by atoms with Crippen LogP contribution >= 0.6 is 11.3 Å². The number of carbonyl (C=O) groups is 1. The summed E-state index contributed by atoms with van der Waals surface area (Å²) in [7, 11) is 0. The number of rotatable bonds is 1. The molecule has 2 atom stereocenters. The predicted octanol–water partition coefficient (Wildman–Crippen LogP) is 2.75. The van der Waals surface area contributed by atoms with Crippen LogP contribution in [0, 0.1) is 18.8 Å². The Morgan fingerprint density at radius 2 is 1.90 bits per heavy atom. The molecule has 0 aliphatic carbocycles. The summed E-state index contributed by atoms with van der Waals surface area (Å²) in [5, 5.41) is 3.21. The highest BCUT2D eigenvalue weighted by Crippen LogP contribution is 2.35. The maximum atomic E-state index is 12.1. The predicted molar refractivity (Wildman–Crippen MR) is 83.9 cm³/mol. The molecule has 0 aromatic carbocycles. The van der Waals surface area contributed by atoms with E-state index in [4.69, 9.17) is 4.74 Å². The van der Waals surface area contributed by atoms with Crippen molar-refractivity contribution in [3.8, 4) is 0 Å². The molecule has 2 fully saturated rings. The van der Waals surface area contributed by atoms with Crippen LogP contribution in [0.1, 0.15) is 26.5 Å². The Balaban J connectivity index is 1.58. The van der Waals surface area contributed by atoms with Gasteiger partial charge in [0.2, 0.25) is 0 Å². The first-order chi connectivity index (χ1) is 9.82. The normalized spacial score (nSPS) is 25.3. The van der Waals surface area contributed by atoms with Crippen LogP contribution in [0.25, 0.3) is 0 Å². The van der Waals surface area contributed by atoms with E-state index in [1.165, 1.54) is 0 Å². The molecule has 2 unspecified atom stereocenters. The zero-order valence-electron chi connectivity index (χ0n) is 13.1. The topological polar surface area (TPSA) is 45.7 Å². The van der Waals surface area contributed by atoms with Crippen LogP contribution in [-0.4, -0.2) is 47.8 Å². The monoisotopic (exact) mass is 309 g/mol. The molecule has 5 nitrogen and oxygen atoms in total. The van der Waals surface area contributed by atoms with Crippen molar-refractivity contribution in [2.45, 2.75) is 33.3 Å². The molecule has 0 N–H and O–H groups in total. The number of thiazole rings is 1. The molecule has 2 aliphatic rings. The van der Waals surface area contributed by atoms with E-state index in [0.29, 0.717) is 11.8 Å². The van der Waals surface area contributed by atoms with Crippen LogP contribution in [0.2, 0.25) is 0 Å². The SMILES string of the molecule is Cc1csc(N2CC3CN(C(=O)OC(C)(C)C)CC3C2)n1. The maximum Gasteiger partial charge on any atom is 0.410 e. The van der Waals surface area contributed by atoms with Crippen molar-refractivity contribution >= 4 is 22.6 Å². The minimum Gasteiger partial charge on any atom is -0.444 e. The molecule has 116 valence electrons. The van der Waals surface area contributed by atoms with Gasteiger partial charge in [-0.1, -0.05) is 0 Å². The summed E-state index contributed by atoms with van der Waals surface area (Å²) >= 11 is 1.71. The molecule has 3 heterocycles. The fourth-order valence-corrected chi connectivity index (χ4v) is 3.94. The van der Waals surface area contributed by atoms with Crippen molar-refractivity contribution in [1.82, 2.24) is 9.88 Å². The number of anilines is 1. The second-order valence-electron chi connectivity index (χ2n) is 7.08. The molecule has 2 saturated heterocycles. The molecule has 1 aromatic rings. The summed E-state index contributed by atoms with van der Waals surface area (Å²) < 4.78 is 5.46. The second kappa shape index (κ2) is 5.16. The number of likely N-dealkylation sites (tertiary alicyclic amines) is 1. The summed E-state index contributed by atoms with van der Waals surface area (Å²) in [5.74, 6) is 1.09. The second-order valence-corrected chi connectivity index (χ2v) is 7.92. The summed E-state index contributed by atoms with van der Waals surface area (Å²) in [6, 6.07) is 0. The Morgan fingerprint density at radius 3 is 2.38 bits per heavy atom. The van der Waals surface area contributed by atoms with E-state index in [0.717, 1.165) is 37.0 Å². The van der Waals surface area contributed by atoms with Crippen molar-refractivity contribution in [1.29, 1.82) is 0 Å². The van der Waals surface area contributed by atoms with E-state index < -0.39 is 5.60 Å².